The molecule has 1 atom stereocenters. The highest BCUT2D eigenvalue weighted by Crippen LogP contribution is 2.32. The maximum atomic E-state index is 12.8. The van der Waals surface area contributed by atoms with Gasteiger partial charge in [-0.2, -0.15) is 5.10 Å². The van der Waals surface area contributed by atoms with Crippen molar-refractivity contribution in [3.8, 4) is 11.1 Å². The second-order valence-electron chi connectivity index (χ2n) is 6.27. The molecule has 0 aliphatic heterocycles. The fourth-order valence-corrected chi connectivity index (χ4v) is 4.06. The summed E-state index contributed by atoms with van der Waals surface area (Å²) in [5.74, 6) is 0.363. The van der Waals surface area contributed by atoms with Gasteiger partial charge in [-0.1, -0.05) is 34.1 Å². The van der Waals surface area contributed by atoms with Gasteiger partial charge in [0.1, 0.15) is 5.82 Å². The van der Waals surface area contributed by atoms with Crippen LogP contribution in [0.4, 0.5) is 10.6 Å². The molecular weight excluding hydrogens is 442 g/mol. The number of amides is 3. The molecule has 3 rings (SSSR count). The highest BCUT2D eigenvalue weighted by atomic mass is 79.9. The van der Waals surface area contributed by atoms with Crippen LogP contribution < -0.4 is 16.4 Å². The van der Waals surface area contributed by atoms with Gasteiger partial charge in [-0.25, -0.2) is 4.79 Å². The third-order valence-electron chi connectivity index (χ3n) is 4.21. The number of benzene rings is 1. The number of aromatic nitrogens is 2. The second kappa shape index (κ2) is 8.57. The van der Waals surface area contributed by atoms with E-state index in [0.29, 0.717) is 5.82 Å². The second-order valence-corrected chi connectivity index (χ2v) is 8.16. The van der Waals surface area contributed by atoms with E-state index in [2.05, 4.69) is 31.7 Å². The number of thiophene rings is 1. The number of nitrogens with two attached hydrogens (primary N) is 1. The van der Waals surface area contributed by atoms with E-state index < -0.39 is 12.1 Å². The van der Waals surface area contributed by atoms with Crippen LogP contribution in [0.15, 0.2) is 46.3 Å². The lowest BCUT2D eigenvalue weighted by Crippen LogP contribution is -2.35. The van der Waals surface area contributed by atoms with Gasteiger partial charge in [0.25, 0.3) is 0 Å². The summed E-state index contributed by atoms with van der Waals surface area (Å²) in [6.45, 7) is 1.90. The average Bonchev–Trinajstić information content (AvgIpc) is 3.24. The van der Waals surface area contributed by atoms with Gasteiger partial charge in [0.05, 0.1) is 18.2 Å². The first-order valence-electron chi connectivity index (χ1n) is 8.54. The van der Waals surface area contributed by atoms with E-state index in [4.69, 9.17) is 5.73 Å². The van der Waals surface area contributed by atoms with Gasteiger partial charge < -0.3 is 16.4 Å². The molecule has 0 aliphatic rings. The first-order valence-corrected chi connectivity index (χ1v) is 10.2. The Morgan fingerprint density at radius 1 is 1.29 bits per heavy atom. The number of hydrogen-bond acceptors (Lipinski definition) is 4. The van der Waals surface area contributed by atoms with E-state index in [-0.39, 0.29) is 12.3 Å². The van der Waals surface area contributed by atoms with E-state index in [1.165, 1.54) is 11.3 Å². The summed E-state index contributed by atoms with van der Waals surface area (Å²) < 4.78 is 2.62. The quantitative estimate of drug-likeness (QED) is 0.517. The molecule has 1 aromatic carbocycles. The first-order chi connectivity index (χ1) is 13.3. The van der Waals surface area contributed by atoms with Crippen LogP contribution in [0.3, 0.4) is 0 Å². The highest BCUT2D eigenvalue weighted by molar-refractivity contribution is 9.10. The minimum atomic E-state index is -0.668. The summed E-state index contributed by atoms with van der Waals surface area (Å²) in [6.07, 6.45) is 0.0630. The minimum Gasteiger partial charge on any atom is -0.352 e. The monoisotopic (exact) mass is 461 g/mol. The number of carbonyl (C=O) groups excluding carboxylic acids is 2. The van der Waals surface area contributed by atoms with Crippen LogP contribution in [0, 0.1) is 6.92 Å². The van der Waals surface area contributed by atoms with Crippen molar-refractivity contribution in [1.82, 2.24) is 15.1 Å². The fraction of sp³-hybridized carbons (Fsp3) is 0.211. The number of nitrogens with zero attached hydrogens (tertiary/aromatic N) is 2. The Morgan fingerprint density at radius 3 is 2.61 bits per heavy atom. The summed E-state index contributed by atoms with van der Waals surface area (Å²) in [5, 5.41) is 11.9. The smallest absolute Gasteiger partial charge is 0.312 e. The van der Waals surface area contributed by atoms with Crippen molar-refractivity contribution in [1.29, 1.82) is 0 Å². The lowest BCUT2D eigenvalue weighted by Gasteiger charge is -2.16. The largest absolute Gasteiger partial charge is 0.352 e. The Labute approximate surface area is 175 Å². The molecule has 0 radical (unpaired) electrons. The molecule has 9 heteroatoms. The third-order valence-corrected chi connectivity index (χ3v) is 5.72. The average molecular weight is 462 g/mol. The number of anilines is 1. The van der Waals surface area contributed by atoms with E-state index in [9.17, 15) is 9.59 Å². The predicted molar refractivity (Wildman–Crippen MR) is 114 cm³/mol. The summed E-state index contributed by atoms with van der Waals surface area (Å²) in [5.41, 5.74) is 7.90. The number of primary amides is 1. The van der Waals surface area contributed by atoms with Gasteiger partial charge in [0.15, 0.2) is 0 Å². The Bertz CT molecular complexity index is 983. The Hall–Kier alpha value is -2.65. The lowest BCUT2D eigenvalue weighted by atomic mass is 10.1. The number of aryl methyl sites for hydroxylation is 2. The zero-order valence-corrected chi connectivity index (χ0v) is 17.8. The predicted octanol–water partition coefficient (Wildman–Crippen LogP) is 3.96. The van der Waals surface area contributed by atoms with E-state index in [1.54, 1.807) is 11.7 Å². The highest BCUT2D eigenvalue weighted by Gasteiger charge is 2.22. The van der Waals surface area contributed by atoms with Gasteiger partial charge in [-0.05, 0) is 36.1 Å². The summed E-state index contributed by atoms with van der Waals surface area (Å²) in [4.78, 5) is 25.0. The van der Waals surface area contributed by atoms with E-state index in [0.717, 1.165) is 26.2 Å². The van der Waals surface area contributed by atoms with Crippen LogP contribution in [-0.2, 0) is 11.8 Å². The number of halogens is 1. The van der Waals surface area contributed by atoms with Crippen molar-refractivity contribution in [2.45, 2.75) is 19.4 Å². The van der Waals surface area contributed by atoms with E-state index in [1.807, 2.05) is 48.7 Å². The minimum absolute atomic E-state index is 0.0630. The molecule has 0 bridgehead atoms. The fourth-order valence-electron chi connectivity index (χ4n) is 3.02. The number of hydrogen-bond donors (Lipinski definition) is 3. The van der Waals surface area contributed by atoms with Gasteiger partial charge in [-0.3, -0.25) is 9.48 Å². The van der Waals surface area contributed by atoms with Gasteiger partial charge in [0, 0.05) is 22.0 Å². The summed E-state index contributed by atoms with van der Waals surface area (Å²) in [6, 6.07) is 10.4. The molecule has 0 saturated carbocycles. The van der Waals surface area contributed by atoms with Crippen LogP contribution in [0.25, 0.3) is 11.1 Å². The maximum absolute atomic E-state index is 12.8. The molecule has 0 spiro atoms. The number of rotatable bonds is 6. The zero-order valence-electron chi connectivity index (χ0n) is 15.4. The first kappa shape index (κ1) is 20.1. The Balaban J connectivity index is 1.84. The molecule has 7 nitrogen and oxygen atoms in total. The molecule has 2 heterocycles. The Morgan fingerprint density at radius 2 is 2.00 bits per heavy atom. The van der Waals surface area contributed by atoms with Crippen molar-refractivity contribution in [3.63, 3.8) is 0 Å². The molecule has 146 valence electrons. The van der Waals surface area contributed by atoms with Crippen LogP contribution >= 0.6 is 27.3 Å². The lowest BCUT2D eigenvalue weighted by molar-refractivity contribution is -0.116. The molecule has 4 N–H and O–H groups in total. The Kier molecular flexibility index (Phi) is 6.15. The molecular formula is C19H20BrN5O2S. The van der Waals surface area contributed by atoms with E-state index >= 15 is 0 Å². The molecule has 3 amide bonds. The van der Waals surface area contributed by atoms with Crippen LogP contribution in [-0.4, -0.2) is 21.7 Å². The SMILES string of the molecule is Cc1nn(C)c(NC(=O)CC(NC(N)=O)c2cccs2)c1-c1ccc(Br)cc1. The standard InChI is InChI=1S/C19H20BrN5O2S/c1-11-17(12-5-7-13(20)8-6-12)18(25(2)24-11)23-16(26)10-14(22-19(21)27)15-4-3-9-28-15/h3-9,14H,10H2,1-2H3,(H,23,26)(H3,21,22,27). The zero-order chi connectivity index (χ0) is 20.3. The molecule has 0 saturated heterocycles. The van der Waals surface area contributed by atoms with Crippen LogP contribution in [0.1, 0.15) is 23.0 Å². The van der Waals surface area contributed by atoms with Gasteiger partial charge in [-0.15, -0.1) is 11.3 Å². The van der Waals surface area contributed by atoms with Crippen molar-refractivity contribution >= 4 is 45.0 Å². The summed E-state index contributed by atoms with van der Waals surface area (Å²) >= 11 is 4.89. The van der Waals surface area contributed by atoms with Crippen molar-refractivity contribution in [3.05, 3.63) is 56.8 Å². The molecule has 0 fully saturated rings. The normalized spacial score (nSPS) is 11.8. The topological polar surface area (TPSA) is 102 Å². The molecule has 2 aromatic heterocycles. The summed E-state index contributed by atoms with van der Waals surface area (Å²) in [7, 11) is 1.78. The van der Waals surface area contributed by atoms with Crippen molar-refractivity contribution in [2.24, 2.45) is 12.8 Å². The van der Waals surface area contributed by atoms with Crippen molar-refractivity contribution in [2.75, 3.05) is 5.32 Å². The number of carbonyl (C=O) groups is 2. The van der Waals surface area contributed by atoms with Crippen molar-refractivity contribution < 1.29 is 9.59 Å². The molecule has 1 unspecified atom stereocenters. The maximum Gasteiger partial charge on any atom is 0.312 e. The van der Waals surface area contributed by atoms with Crippen LogP contribution in [0.2, 0.25) is 0 Å². The number of urea groups is 1. The molecule has 28 heavy (non-hydrogen) atoms. The molecule has 3 aromatic rings. The van der Waals surface area contributed by atoms with Gasteiger partial charge >= 0.3 is 6.03 Å². The number of nitrogens with one attached hydrogen (secondary N) is 2. The molecule has 0 aliphatic carbocycles. The van der Waals surface area contributed by atoms with Crippen LogP contribution in [0.5, 0.6) is 0 Å². The van der Waals surface area contributed by atoms with Gasteiger partial charge in [0.2, 0.25) is 5.91 Å². The third kappa shape index (κ3) is 4.60.